The summed E-state index contributed by atoms with van der Waals surface area (Å²) in [5, 5.41) is 10.8. The van der Waals surface area contributed by atoms with E-state index in [2.05, 4.69) is 34.4 Å². The summed E-state index contributed by atoms with van der Waals surface area (Å²) in [4.78, 5) is 17.6. The summed E-state index contributed by atoms with van der Waals surface area (Å²) >= 11 is 0. The van der Waals surface area contributed by atoms with Crippen LogP contribution in [0.3, 0.4) is 0 Å². The van der Waals surface area contributed by atoms with E-state index in [-0.39, 0.29) is 12.6 Å². The number of nitrogens with zero attached hydrogens (tertiary/aromatic N) is 5. The van der Waals surface area contributed by atoms with Gasteiger partial charge in [-0.15, -0.1) is 0 Å². The largest absolute Gasteiger partial charge is 0.340 e. The standard InChI is InChI=1S/C14H22N6O2/c1-10(2)5-7-20-8-6-12(17-20)16-14(21)19(4)9-13-15-11(3)22-18-13/h6,8,10H,5,7,9H2,1-4H3,(H,16,17,21). The lowest BCUT2D eigenvalue weighted by Crippen LogP contribution is -2.31. The van der Waals surface area contributed by atoms with Gasteiger partial charge in [0.1, 0.15) is 0 Å². The van der Waals surface area contributed by atoms with Gasteiger partial charge in [-0.1, -0.05) is 19.0 Å². The first kappa shape index (κ1) is 16.0. The fourth-order valence-corrected chi connectivity index (χ4v) is 1.84. The van der Waals surface area contributed by atoms with Crippen molar-refractivity contribution in [2.75, 3.05) is 12.4 Å². The molecule has 120 valence electrons. The van der Waals surface area contributed by atoms with Crippen molar-refractivity contribution in [2.45, 2.75) is 40.3 Å². The fraction of sp³-hybridized carbons (Fsp3) is 0.571. The van der Waals surface area contributed by atoms with E-state index in [4.69, 9.17) is 4.52 Å². The van der Waals surface area contributed by atoms with Crippen molar-refractivity contribution in [3.63, 3.8) is 0 Å². The molecule has 2 heterocycles. The lowest BCUT2D eigenvalue weighted by molar-refractivity contribution is 0.219. The zero-order valence-corrected chi connectivity index (χ0v) is 13.4. The van der Waals surface area contributed by atoms with Gasteiger partial charge in [-0.2, -0.15) is 10.1 Å². The monoisotopic (exact) mass is 306 g/mol. The first-order chi connectivity index (χ1) is 10.4. The molecule has 0 saturated carbocycles. The van der Waals surface area contributed by atoms with Crippen molar-refractivity contribution in [1.82, 2.24) is 24.8 Å². The molecule has 0 saturated heterocycles. The Morgan fingerprint density at radius 3 is 2.91 bits per heavy atom. The van der Waals surface area contributed by atoms with Gasteiger partial charge in [0.2, 0.25) is 5.89 Å². The van der Waals surface area contributed by atoms with Crippen LogP contribution < -0.4 is 5.32 Å². The van der Waals surface area contributed by atoms with Gasteiger partial charge in [-0.3, -0.25) is 10.00 Å². The molecule has 0 unspecified atom stereocenters. The molecule has 2 rings (SSSR count). The zero-order chi connectivity index (χ0) is 16.1. The normalized spacial score (nSPS) is 11.0. The van der Waals surface area contributed by atoms with E-state index in [0.717, 1.165) is 13.0 Å². The predicted molar refractivity (Wildman–Crippen MR) is 81.2 cm³/mol. The zero-order valence-electron chi connectivity index (χ0n) is 13.4. The smallest absolute Gasteiger partial charge is 0.323 e. The molecule has 0 aliphatic carbocycles. The number of carbonyl (C=O) groups is 1. The van der Waals surface area contributed by atoms with Gasteiger partial charge >= 0.3 is 6.03 Å². The van der Waals surface area contributed by atoms with E-state index in [9.17, 15) is 4.79 Å². The van der Waals surface area contributed by atoms with Gasteiger partial charge in [0.15, 0.2) is 11.6 Å². The Balaban J connectivity index is 1.85. The molecular formula is C14H22N6O2. The second kappa shape index (κ2) is 7.06. The average Bonchev–Trinajstić information content (AvgIpc) is 3.05. The predicted octanol–water partition coefficient (Wildman–Crippen LogP) is 2.28. The van der Waals surface area contributed by atoms with Crippen molar-refractivity contribution < 1.29 is 9.32 Å². The van der Waals surface area contributed by atoms with Crippen LogP contribution >= 0.6 is 0 Å². The molecule has 2 aromatic heterocycles. The number of anilines is 1. The number of carbonyl (C=O) groups excluding carboxylic acids is 1. The minimum atomic E-state index is -0.267. The van der Waals surface area contributed by atoms with Crippen LogP contribution in [0, 0.1) is 12.8 Å². The van der Waals surface area contributed by atoms with Crippen LogP contribution in [-0.2, 0) is 13.1 Å². The first-order valence-electron chi connectivity index (χ1n) is 7.29. The van der Waals surface area contributed by atoms with Gasteiger partial charge in [0.05, 0.1) is 6.54 Å². The van der Waals surface area contributed by atoms with E-state index in [0.29, 0.717) is 23.5 Å². The van der Waals surface area contributed by atoms with Crippen molar-refractivity contribution in [2.24, 2.45) is 5.92 Å². The Bertz CT molecular complexity index is 618. The minimum Gasteiger partial charge on any atom is -0.340 e. The number of hydrogen-bond acceptors (Lipinski definition) is 5. The number of amides is 2. The maximum Gasteiger partial charge on any atom is 0.323 e. The summed E-state index contributed by atoms with van der Waals surface area (Å²) in [5.41, 5.74) is 0. The minimum absolute atomic E-state index is 0.267. The third-order valence-corrected chi connectivity index (χ3v) is 3.11. The highest BCUT2D eigenvalue weighted by Gasteiger charge is 2.13. The number of aromatic nitrogens is 4. The van der Waals surface area contributed by atoms with Crippen LogP contribution in [0.5, 0.6) is 0 Å². The van der Waals surface area contributed by atoms with Crippen LogP contribution in [0.1, 0.15) is 32.0 Å². The number of rotatable bonds is 6. The molecular weight excluding hydrogens is 284 g/mol. The van der Waals surface area contributed by atoms with Crippen molar-refractivity contribution in [3.8, 4) is 0 Å². The van der Waals surface area contributed by atoms with E-state index >= 15 is 0 Å². The molecule has 0 spiro atoms. The molecule has 0 bridgehead atoms. The van der Waals surface area contributed by atoms with Crippen molar-refractivity contribution in [1.29, 1.82) is 0 Å². The Kier molecular flexibility index (Phi) is 5.13. The highest BCUT2D eigenvalue weighted by molar-refractivity contribution is 5.87. The van der Waals surface area contributed by atoms with E-state index in [1.54, 1.807) is 20.0 Å². The third kappa shape index (κ3) is 4.57. The molecule has 0 atom stereocenters. The maximum atomic E-state index is 12.1. The molecule has 0 aromatic carbocycles. The molecule has 8 nitrogen and oxygen atoms in total. The van der Waals surface area contributed by atoms with E-state index in [1.807, 2.05) is 10.9 Å². The molecule has 0 aliphatic heterocycles. The summed E-state index contributed by atoms with van der Waals surface area (Å²) in [5.74, 6) is 2.10. The molecule has 2 aromatic rings. The molecule has 22 heavy (non-hydrogen) atoms. The topological polar surface area (TPSA) is 89.1 Å². The molecule has 0 fully saturated rings. The van der Waals surface area contributed by atoms with Crippen LogP contribution in [0.15, 0.2) is 16.8 Å². The maximum absolute atomic E-state index is 12.1. The SMILES string of the molecule is Cc1nc(CN(C)C(=O)Nc2ccn(CCC(C)C)n2)no1. The molecule has 0 radical (unpaired) electrons. The molecule has 2 amide bonds. The van der Waals surface area contributed by atoms with Gasteiger partial charge < -0.3 is 9.42 Å². The molecule has 0 aliphatic rings. The van der Waals surface area contributed by atoms with Crippen LogP contribution in [0.4, 0.5) is 10.6 Å². The summed E-state index contributed by atoms with van der Waals surface area (Å²) in [6.45, 7) is 7.16. The number of urea groups is 1. The van der Waals surface area contributed by atoms with Gasteiger partial charge in [0, 0.05) is 32.8 Å². The Labute approximate surface area is 129 Å². The molecule has 1 N–H and O–H groups in total. The van der Waals surface area contributed by atoms with Crippen LogP contribution in [0.2, 0.25) is 0 Å². The quantitative estimate of drug-likeness (QED) is 0.884. The average molecular weight is 306 g/mol. The number of nitrogens with one attached hydrogen (secondary N) is 1. The summed E-state index contributed by atoms with van der Waals surface area (Å²) in [7, 11) is 1.66. The lowest BCUT2D eigenvalue weighted by Gasteiger charge is -2.14. The first-order valence-corrected chi connectivity index (χ1v) is 7.29. The van der Waals surface area contributed by atoms with Gasteiger partial charge in [0.25, 0.3) is 0 Å². The fourth-order valence-electron chi connectivity index (χ4n) is 1.84. The van der Waals surface area contributed by atoms with Crippen LogP contribution in [0.25, 0.3) is 0 Å². The summed E-state index contributed by atoms with van der Waals surface area (Å²) in [6, 6.07) is 1.52. The van der Waals surface area contributed by atoms with E-state index in [1.165, 1.54) is 4.90 Å². The third-order valence-electron chi connectivity index (χ3n) is 3.11. The Hall–Kier alpha value is -2.38. The van der Waals surface area contributed by atoms with Gasteiger partial charge in [-0.05, 0) is 12.3 Å². The second-order valence-corrected chi connectivity index (χ2v) is 5.66. The molecule has 8 heteroatoms. The Morgan fingerprint density at radius 2 is 2.27 bits per heavy atom. The number of hydrogen-bond donors (Lipinski definition) is 1. The second-order valence-electron chi connectivity index (χ2n) is 5.66. The van der Waals surface area contributed by atoms with Crippen molar-refractivity contribution >= 4 is 11.8 Å². The number of aryl methyl sites for hydroxylation is 2. The lowest BCUT2D eigenvalue weighted by atomic mass is 10.1. The highest BCUT2D eigenvalue weighted by atomic mass is 16.5. The van der Waals surface area contributed by atoms with Crippen molar-refractivity contribution in [3.05, 3.63) is 24.0 Å². The van der Waals surface area contributed by atoms with Gasteiger partial charge in [-0.25, -0.2) is 4.79 Å². The highest BCUT2D eigenvalue weighted by Crippen LogP contribution is 2.08. The Morgan fingerprint density at radius 1 is 1.50 bits per heavy atom. The summed E-state index contributed by atoms with van der Waals surface area (Å²) < 4.78 is 6.71. The van der Waals surface area contributed by atoms with E-state index < -0.39 is 0 Å². The van der Waals surface area contributed by atoms with Crippen LogP contribution in [-0.4, -0.2) is 37.9 Å². The summed E-state index contributed by atoms with van der Waals surface area (Å²) in [6.07, 6.45) is 2.91.